The molecular formula is C23H24N4O2. The molecular weight excluding hydrogens is 364 g/mol. The van der Waals surface area contributed by atoms with Crippen molar-refractivity contribution in [3.8, 4) is 5.75 Å². The van der Waals surface area contributed by atoms with Gasteiger partial charge in [-0.3, -0.25) is 4.79 Å². The lowest BCUT2D eigenvalue weighted by atomic mass is 10.0. The highest BCUT2D eigenvalue weighted by Crippen LogP contribution is 2.29. The lowest BCUT2D eigenvalue weighted by Crippen LogP contribution is -2.36. The molecule has 0 spiro atoms. The van der Waals surface area contributed by atoms with Gasteiger partial charge in [-0.05, 0) is 62.1 Å². The Morgan fingerprint density at radius 1 is 1.10 bits per heavy atom. The molecule has 0 atom stereocenters. The number of hydrogen-bond donors (Lipinski definition) is 1. The van der Waals surface area contributed by atoms with Gasteiger partial charge in [0, 0.05) is 17.9 Å². The van der Waals surface area contributed by atoms with Crippen LogP contribution in [-0.4, -0.2) is 29.5 Å². The number of benzene rings is 2. The van der Waals surface area contributed by atoms with Crippen LogP contribution in [0.4, 0.5) is 17.3 Å². The second kappa shape index (κ2) is 7.91. The molecule has 6 nitrogen and oxygen atoms in total. The first-order valence-corrected chi connectivity index (χ1v) is 9.72. The van der Waals surface area contributed by atoms with Gasteiger partial charge in [0.2, 0.25) is 5.95 Å². The van der Waals surface area contributed by atoms with Crippen molar-refractivity contribution < 1.29 is 9.53 Å². The van der Waals surface area contributed by atoms with E-state index in [0.717, 1.165) is 35.5 Å². The van der Waals surface area contributed by atoms with Gasteiger partial charge >= 0.3 is 0 Å². The van der Waals surface area contributed by atoms with Crippen molar-refractivity contribution in [3.05, 3.63) is 71.0 Å². The normalized spacial score (nSPS) is 13.0. The molecule has 29 heavy (non-hydrogen) atoms. The molecule has 0 bridgehead atoms. The van der Waals surface area contributed by atoms with Gasteiger partial charge in [0.25, 0.3) is 5.91 Å². The fourth-order valence-electron chi connectivity index (χ4n) is 3.66. The van der Waals surface area contributed by atoms with Crippen LogP contribution in [0.5, 0.6) is 5.75 Å². The third-order valence-electron chi connectivity index (χ3n) is 5.03. The molecule has 2 aromatic carbocycles. The molecule has 1 aromatic heterocycles. The van der Waals surface area contributed by atoms with E-state index in [4.69, 9.17) is 4.74 Å². The molecule has 0 saturated heterocycles. The zero-order valence-electron chi connectivity index (χ0n) is 16.9. The number of nitrogens with one attached hydrogen (secondary N) is 1. The number of fused-ring (bicyclic) bond motifs is 1. The number of carbonyl (C=O) groups is 1. The summed E-state index contributed by atoms with van der Waals surface area (Å²) in [6.07, 6.45) is 1.93. The minimum Gasteiger partial charge on any atom is -0.495 e. The maximum Gasteiger partial charge on any atom is 0.277 e. The summed E-state index contributed by atoms with van der Waals surface area (Å²) in [5.74, 6) is 0.961. The lowest BCUT2D eigenvalue weighted by molar-refractivity contribution is 0.0980. The average Bonchev–Trinajstić information content (AvgIpc) is 2.72. The van der Waals surface area contributed by atoms with Crippen LogP contribution in [0, 0.1) is 13.8 Å². The number of amides is 1. The molecule has 1 N–H and O–H groups in total. The summed E-state index contributed by atoms with van der Waals surface area (Å²) in [5, 5.41) is 3.20. The highest BCUT2D eigenvalue weighted by atomic mass is 16.5. The predicted molar refractivity (Wildman–Crippen MR) is 114 cm³/mol. The molecule has 0 saturated carbocycles. The first kappa shape index (κ1) is 18.9. The lowest BCUT2D eigenvalue weighted by Gasteiger charge is -2.29. The summed E-state index contributed by atoms with van der Waals surface area (Å²) >= 11 is 0. The number of para-hydroxylation sites is 1. The van der Waals surface area contributed by atoms with Crippen molar-refractivity contribution in [1.82, 2.24) is 9.97 Å². The number of methoxy groups -OCH3 is 1. The van der Waals surface area contributed by atoms with E-state index >= 15 is 0 Å². The monoisotopic (exact) mass is 388 g/mol. The molecule has 2 heterocycles. The van der Waals surface area contributed by atoms with Crippen LogP contribution in [0.2, 0.25) is 0 Å². The number of carbonyl (C=O) groups excluding carboxylic acids is 1. The highest BCUT2D eigenvalue weighted by molar-refractivity contribution is 6.05. The summed E-state index contributed by atoms with van der Waals surface area (Å²) < 4.78 is 5.42. The van der Waals surface area contributed by atoms with Crippen LogP contribution >= 0.6 is 0 Å². The zero-order chi connectivity index (χ0) is 20.4. The molecule has 0 aliphatic carbocycles. The summed E-state index contributed by atoms with van der Waals surface area (Å²) in [7, 11) is 1.62. The van der Waals surface area contributed by atoms with E-state index in [2.05, 4.69) is 21.4 Å². The SMILES string of the molecule is COc1ccc(C)cc1Nc1nc(C)cc(C(=O)N2CCCc3ccccc32)n1. The predicted octanol–water partition coefficient (Wildman–Crippen LogP) is 4.44. The minimum absolute atomic E-state index is 0.109. The topological polar surface area (TPSA) is 67.3 Å². The van der Waals surface area contributed by atoms with Gasteiger partial charge in [-0.15, -0.1) is 0 Å². The van der Waals surface area contributed by atoms with E-state index in [1.165, 1.54) is 5.56 Å². The number of anilines is 3. The summed E-state index contributed by atoms with van der Waals surface area (Å²) in [5.41, 5.74) is 5.11. The molecule has 4 rings (SSSR count). The summed E-state index contributed by atoms with van der Waals surface area (Å²) in [6.45, 7) is 4.55. The first-order valence-electron chi connectivity index (χ1n) is 9.72. The van der Waals surface area contributed by atoms with E-state index in [9.17, 15) is 4.79 Å². The van der Waals surface area contributed by atoms with E-state index in [-0.39, 0.29) is 5.91 Å². The second-order valence-corrected chi connectivity index (χ2v) is 7.24. The van der Waals surface area contributed by atoms with Gasteiger partial charge in [0.15, 0.2) is 0 Å². The van der Waals surface area contributed by atoms with Crippen molar-refractivity contribution in [2.24, 2.45) is 0 Å². The number of aryl methyl sites for hydroxylation is 3. The third kappa shape index (κ3) is 3.92. The molecule has 148 valence electrons. The molecule has 0 fully saturated rings. The maximum absolute atomic E-state index is 13.3. The Balaban J connectivity index is 1.66. The van der Waals surface area contributed by atoms with E-state index in [1.807, 2.05) is 55.1 Å². The van der Waals surface area contributed by atoms with Crippen molar-refractivity contribution >= 4 is 23.2 Å². The van der Waals surface area contributed by atoms with Crippen molar-refractivity contribution in [1.29, 1.82) is 0 Å². The molecule has 1 aliphatic heterocycles. The van der Waals surface area contributed by atoms with Crippen LogP contribution < -0.4 is 15.0 Å². The van der Waals surface area contributed by atoms with Crippen molar-refractivity contribution in [3.63, 3.8) is 0 Å². The maximum atomic E-state index is 13.3. The minimum atomic E-state index is -0.109. The van der Waals surface area contributed by atoms with Crippen LogP contribution in [0.25, 0.3) is 0 Å². The fraction of sp³-hybridized carbons (Fsp3) is 0.261. The smallest absolute Gasteiger partial charge is 0.277 e. The number of nitrogens with zero attached hydrogens (tertiary/aromatic N) is 3. The van der Waals surface area contributed by atoms with Gasteiger partial charge in [-0.2, -0.15) is 0 Å². The Morgan fingerprint density at radius 3 is 2.76 bits per heavy atom. The standard InChI is InChI=1S/C23H24N4O2/c1-15-10-11-21(29-3)18(13-15)25-23-24-16(2)14-19(26-23)22(28)27-12-6-8-17-7-4-5-9-20(17)27/h4-5,7,9-11,13-14H,6,8,12H2,1-3H3,(H,24,25,26). The van der Waals surface area contributed by atoms with E-state index < -0.39 is 0 Å². The van der Waals surface area contributed by atoms with E-state index in [1.54, 1.807) is 13.2 Å². The molecule has 1 amide bonds. The second-order valence-electron chi connectivity index (χ2n) is 7.24. The number of hydrogen-bond acceptors (Lipinski definition) is 5. The number of rotatable bonds is 4. The third-order valence-corrected chi connectivity index (χ3v) is 5.03. The van der Waals surface area contributed by atoms with Gasteiger partial charge < -0.3 is 15.0 Å². The van der Waals surface area contributed by atoms with Gasteiger partial charge in [0.1, 0.15) is 11.4 Å². The highest BCUT2D eigenvalue weighted by Gasteiger charge is 2.25. The van der Waals surface area contributed by atoms with Crippen LogP contribution in [-0.2, 0) is 6.42 Å². The van der Waals surface area contributed by atoms with E-state index in [0.29, 0.717) is 23.9 Å². The molecule has 0 unspecified atom stereocenters. The first-order chi connectivity index (χ1) is 14.0. The van der Waals surface area contributed by atoms with Crippen LogP contribution in [0.15, 0.2) is 48.5 Å². The number of aromatic nitrogens is 2. The van der Waals surface area contributed by atoms with Gasteiger partial charge in [-0.25, -0.2) is 9.97 Å². The zero-order valence-corrected chi connectivity index (χ0v) is 16.9. The quantitative estimate of drug-likeness (QED) is 0.716. The van der Waals surface area contributed by atoms with Gasteiger partial charge in [0.05, 0.1) is 12.8 Å². The summed E-state index contributed by atoms with van der Waals surface area (Å²) in [6, 6.07) is 15.6. The summed E-state index contributed by atoms with van der Waals surface area (Å²) in [4.78, 5) is 24.1. The van der Waals surface area contributed by atoms with Crippen molar-refractivity contribution in [2.75, 3.05) is 23.9 Å². The average molecular weight is 388 g/mol. The van der Waals surface area contributed by atoms with Crippen LogP contribution in [0.3, 0.4) is 0 Å². The van der Waals surface area contributed by atoms with Gasteiger partial charge in [-0.1, -0.05) is 24.3 Å². The Bertz CT molecular complexity index is 1060. The molecule has 0 radical (unpaired) electrons. The Morgan fingerprint density at radius 2 is 1.93 bits per heavy atom. The Labute approximate surface area is 170 Å². The largest absolute Gasteiger partial charge is 0.495 e. The number of ether oxygens (including phenoxy) is 1. The molecule has 1 aliphatic rings. The molecule has 3 aromatic rings. The molecule has 6 heteroatoms. The Kier molecular flexibility index (Phi) is 5.16. The van der Waals surface area contributed by atoms with Crippen LogP contribution in [0.1, 0.15) is 33.7 Å². The fourth-order valence-corrected chi connectivity index (χ4v) is 3.66. The Hall–Kier alpha value is -3.41. The van der Waals surface area contributed by atoms with Crippen molar-refractivity contribution in [2.45, 2.75) is 26.7 Å².